The van der Waals surface area contributed by atoms with E-state index in [2.05, 4.69) is 59.7 Å². The van der Waals surface area contributed by atoms with Crippen LogP contribution in [0.2, 0.25) is 0 Å². The zero-order valence-electron chi connectivity index (χ0n) is 16.1. The molecule has 2 aromatic heterocycles. The summed E-state index contributed by atoms with van der Waals surface area (Å²) in [7, 11) is 1.82. The minimum Gasteiger partial charge on any atom is -0.355 e. The number of likely N-dealkylation sites (tertiary alicyclic amines) is 1. The van der Waals surface area contributed by atoms with Gasteiger partial charge in [-0.3, -0.25) is 9.89 Å². The van der Waals surface area contributed by atoms with Crippen LogP contribution in [-0.4, -0.2) is 58.9 Å². The highest BCUT2D eigenvalue weighted by Crippen LogP contribution is 2.27. The lowest BCUT2D eigenvalue weighted by molar-refractivity contribution is 0.249. The summed E-state index contributed by atoms with van der Waals surface area (Å²) in [5, 5.41) is 17.2. The first kappa shape index (κ1) is 22.1. The molecule has 27 heavy (non-hydrogen) atoms. The van der Waals surface area contributed by atoms with Gasteiger partial charge in [0.2, 0.25) is 0 Å². The lowest BCUT2D eigenvalue weighted by Crippen LogP contribution is -2.43. The Morgan fingerprint density at radius 2 is 2.15 bits per heavy atom. The second kappa shape index (κ2) is 11.6. The molecule has 2 N–H and O–H groups in total. The van der Waals surface area contributed by atoms with Gasteiger partial charge in [-0.15, -0.1) is 45.5 Å². The van der Waals surface area contributed by atoms with Crippen molar-refractivity contribution < 1.29 is 0 Å². The number of halogens is 1. The molecule has 1 aliphatic heterocycles. The van der Waals surface area contributed by atoms with Crippen LogP contribution in [-0.2, 0) is 13.0 Å². The van der Waals surface area contributed by atoms with E-state index in [1.165, 1.54) is 30.8 Å². The van der Waals surface area contributed by atoms with Gasteiger partial charge in [-0.1, -0.05) is 13.0 Å². The summed E-state index contributed by atoms with van der Waals surface area (Å²) in [5.41, 5.74) is 0. The maximum absolute atomic E-state index is 4.37. The summed E-state index contributed by atoms with van der Waals surface area (Å²) < 4.78 is 2.08. The molecule has 0 spiro atoms. The van der Waals surface area contributed by atoms with Gasteiger partial charge in [0, 0.05) is 38.0 Å². The van der Waals surface area contributed by atoms with Crippen LogP contribution in [0.25, 0.3) is 0 Å². The number of rotatable bonds is 8. The SMILES string of the molecule is CCc1nncn1CCNC(=NC)NCC(c1cccs1)N1CCCC1.I. The van der Waals surface area contributed by atoms with E-state index in [0.717, 1.165) is 37.8 Å². The predicted molar refractivity (Wildman–Crippen MR) is 122 cm³/mol. The Labute approximate surface area is 182 Å². The van der Waals surface area contributed by atoms with Gasteiger partial charge in [-0.05, 0) is 37.4 Å². The summed E-state index contributed by atoms with van der Waals surface area (Å²) in [6.07, 6.45) is 5.28. The molecule has 0 radical (unpaired) electrons. The molecule has 0 aromatic carbocycles. The first-order chi connectivity index (χ1) is 12.8. The third-order valence-corrected chi connectivity index (χ3v) is 5.77. The molecule has 0 saturated carbocycles. The Balaban J connectivity index is 0.00000261. The van der Waals surface area contributed by atoms with Gasteiger partial charge in [-0.2, -0.15) is 0 Å². The van der Waals surface area contributed by atoms with E-state index in [4.69, 9.17) is 0 Å². The van der Waals surface area contributed by atoms with Crippen molar-refractivity contribution in [3.63, 3.8) is 0 Å². The number of thiophene rings is 1. The topological polar surface area (TPSA) is 70.4 Å². The van der Waals surface area contributed by atoms with Crippen LogP contribution in [0.4, 0.5) is 0 Å². The van der Waals surface area contributed by atoms with Crippen molar-refractivity contribution in [2.45, 2.75) is 38.8 Å². The first-order valence-electron chi connectivity index (χ1n) is 9.40. The van der Waals surface area contributed by atoms with Crippen molar-refractivity contribution in [3.05, 3.63) is 34.5 Å². The Morgan fingerprint density at radius 3 is 2.81 bits per heavy atom. The predicted octanol–water partition coefficient (Wildman–Crippen LogP) is 2.52. The van der Waals surface area contributed by atoms with Gasteiger partial charge < -0.3 is 15.2 Å². The Morgan fingerprint density at radius 1 is 1.33 bits per heavy atom. The summed E-state index contributed by atoms with van der Waals surface area (Å²) >= 11 is 1.84. The van der Waals surface area contributed by atoms with E-state index in [-0.39, 0.29) is 24.0 Å². The van der Waals surface area contributed by atoms with E-state index in [1.807, 2.05) is 18.4 Å². The van der Waals surface area contributed by atoms with Crippen LogP contribution in [0.3, 0.4) is 0 Å². The lowest BCUT2D eigenvalue weighted by Gasteiger charge is -2.27. The molecular formula is C18H30IN7S. The Hall–Kier alpha value is -1.20. The molecule has 0 amide bonds. The van der Waals surface area contributed by atoms with Crippen molar-refractivity contribution in [1.29, 1.82) is 0 Å². The van der Waals surface area contributed by atoms with Gasteiger partial charge in [0.05, 0.1) is 6.04 Å². The monoisotopic (exact) mass is 503 g/mol. The summed E-state index contributed by atoms with van der Waals surface area (Å²) in [6, 6.07) is 4.80. The molecule has 3 heterocycles. The minimum absolute atomic E-state index is 0. The number of aliphatic imine (C=N–C) groups is 1. The second-order valence-electron chi connectivity index (χ2n) is 6.45. The molecule has 2 aromatic rings. The van der Waals surface area contributed by atoms with Crippen LogP contribution in [0, 0.1) is 0 Å². The van der Waals surface area contributed by atoms with Gasteiger partial charge in [-0.25, -0.2) is 0 Å². The van der Waals surface area contributed by atoms with E-state index >= 15 is 0 Å². The van der Waals surface area contributed by atoms with Crippen molar-refractivity contribution >= 4 is 41.3 Å². The quantitative estimate of drug-likeness (QED) is 0.329. The fraction of sp³-hybridized carbons (Fsp3) is 0.611. The highest BCUT2D eigenvalue weighted by Gasteiger charge is 2.24. The molecule has 3 rings (SSSR count). The molecule has 1 fully saturated rings. The van der Waals surface area contributed by atoms with Crippen LogP contribution in [0.5, 0.6) is 0 Å². The van der Waals surface area contributed by atoms with Gasteiger partial charge in [0.1, 0.15) is 12.2 Å². The van der Waals surface area contributed by atoms with Crippen molar-refractivity contribution in [2.75, 3.05) is 33.2 Å². The van der Waals surface area contributed by atoms with E-state index in [0.29, 0.717) is 6.04 Å². The molecule has 9 heteroatoms. The molecule has 150 valence electrons. The fourth-order valence-electron chi connectivity index (χ4n) is 3.39. The normalized spacial score (nSPS) is 16.1. The van der Waals surface area contributed by atoms with Crippen molar-refractivity contribution in [2.24, 2.45) is 4.99 Å². The third-order valence-electron chi connectivity index (χ3n) is 4.80. The van der Waals surface area contributed by atoms with Crippen LogP contribution < -0.4 is 10.6 Å². The highest BCUT2D eigenvalue weighted by atomic mass is 127. The molecule has 1 aliphatic rings. The molecule has 1 unspecified atom stereocenters. The number of aromatic nitrogens is 3. The lowest BCUT2D eigenvalue weighted by atomic mass is 10.2. The van der Waals surface area contributed by atoms with E-state index < -0.39 is 0 Å². The molecule has 1 atom stereocenters. The minimum atomic E-state index is 0. The van der Waals surface area contributed by atoms with E-state index in [1.54, 1.807) is 6.33 Å². The summed E-state index contributed by atoms with van der Waals surface area (Å²) in [4.78, 5) is 8.37. The van der Waals surface area contributed by atoms with Gasteiger partial charge >= 0.3 is 0 Å². The smallest absolute Gasteiger partial charge is 0.191 e. The molecule has 0 bridgehead atoms. The van der Waals surface area contributed by atoms with Crippen LogP contribution >= 0.6 is 35.3 Å². The summed E-state index contributed by atoms with van der Waals surface area (Å²) in [6.45, 7) is 6.95. The second-order valence-corrected chi connectivity index (χ2v) is 7.43. The standard InChI is InChI=1S/C18H29N7S.HI/c1-3-17-23-22-14-25(17)11-8-20-18(19-2)21-13-15(16-7-6-12-26-16)24-9-4-5-10-24;/h6-7,12,14-15H,3-5,8-11,13H2,1-2H3,(H2,19,20,21);1H. The first-order valence-corrected chi connectivity index (χ1v) is 10.3. The Kier molecular flexibility index (Phi) is 9.49. The molecule has 0 aliphatic carbocycles. The molecule has 1 saturated heterocycles. The van der Waals surface area contributed by atoms with E-state index in [9.17, 15) is 0 Å². The zero-order valence-corrected chi connectivity index (χ0v) is 19.2. The number of guanidine groups is 1. The average Bonchev–Trinajstić information content (AvgIpc) is 3.42. The van der Waals surface area contributed by atoms with Crippen LogP contribution in [0.1, 0.15) is 36.5 Å². The van der Waals surface area contributed by atoms with Crippen molar-refractivity contribution in [1.82, 2.24) is 30.3 Å². The number of nitrogens with zero attached hydrogens (tertiary/aromatic N) is 5. The van der Waals surface area contributed by atoms with Crippen molar-refractivity contribution in [3.8, 4) is 0 Å². The fourth-order valence-corrected chi connectivity index (χ4v) is 4.25. The maximum atomic E-state index is 4.37. The zero-order chi connectivity index (χ0) is 18.2. The maximum Gasteiger partial charge on any atom is 0.191 e. The number of hydrogen-bond acceptors (Lipinski definition) is 5. The highest BCUT2D eigenvalue weighted by molar-refractivity contribution is 14.0. The molecule has 7 nitrogen and oxygen atoms in total. The molecular weight excluding hydrogens is 473 g/mol. The average molecular weight is 503 g/mol. The van der Waals surface area contributed by atoms with Crippen LogP contribution in [0.15, 0.2) is 28.8 Å². The number of nitrogens with one attached hydrogen (secondary N) is 2. The third kappa shape index (κ3) is 6.15. The number of hydrogen-bond donors (Lipinski definition) is 2. The summed E-state index contributed by atoms with van der Waals surface area (Å²) in [5.74, 6) is 1.86. The number of aryl methyl sites for hydroxylation is 1. The largest absolute Gasteiger partial charge is 0.355 e. The Bertz CT molecular complexity index is 680. The van der Waals surface area contributed by atoms with Gasteiger partial charge in [0.15, 0.2) is 5.96 Å². The van der Waals surface area contributed by atoms with Gasteiger partial charge in [0.25, 0.3) is 0 Å².